The molecule has 1 aliphatic heterocycles. The SMILES string of the molecule is CCC1CN(CC(C)C)C(CC(C)C)CN1. The maximum atomic E-state index is 3.69. The summed E-state index contributed by atoms with van der Waals surface area (Å²) in [6.07, 6.45) is 2.58. The summed E-state index contributed by atoms with van der Waals surface area (Å²) in [4.78, 5) is 2.72. The Kier molecular flexibility index (Phi) is 5.77. The Bertz CT molecular complexity index is 189. The molecule has 0 spiro atoms. The predicted molar refractivity (Wildman–Crippen MR) is 71.7 cm³/mol. The highest BCUT2D eigenvalue weighted by Gasteiger charge is 2.27. The van der Waals surface area contributed by atoms with Crippen LogP contribution < -0.4 is 5.32 Å². The van der Waals surface area contributed by atoms with E-state index in [4.69, 9.17) is 0 Å². The lowest BCUT2D eigenvalue weighted by Crippen LogP contribution is -2.57. The molecule has 2 unspecified atom stereocenters. The zero-order valence-corrected chi connectivity index (χ0v) is 11.8. The summed E-state index contributed by atoms with van der Waals surface area (Å²) in [6.45, 7) is 15.3. The van der Waals surface area contributed by atoms with E-state index < -0.39 is 0 Å². The molecular weight excluding hydrogens is 196 g/mol. The predicted octanol–water partition coefficient (Wildman–Crippen LogP) is 2.74. The van der Waals surface area contributed by atoms with Crippen LogP contribution in [0.25, 0.3) is 0 Å². The standard InChI is InChI=1S/C14H30N2/c1-6-13-10-16(9-12(4)5)14(8-15-13)7-11(2)3/h11-15H,6-10H2,1-5H3. The molecule has 96 valence electrons. The maximum absolute atomic E-state index is 3.69. The van der Waals surface area contributed by atoms with Crippen LogP contribution in [0.1, 0.15) is 47.5 Å². The van der Waals surface area contributed by atoms with Crippen molar-refractivity contribution in [3.63, 3.8) is 0 Å². The van der Waals surface area contributed by atoms with Gasteiger partial charge in [0.05, 0.1) is 0 Å². The normalized spacial score (nSPS) is 27.9. The fraction of sp³-hybridized carbons (Fsp3) is 1.00. The Balaban J connectivity index is 2.52. The largest absolute Gasteiger partial charge is 0.311 e. The van der Waals surface area contributed by atoms with E-state index >= 15 is 0 Å². The molecule has 0 aromatic heterocycles. The van der Waals surface area contributed by atoms with E-state index in [1.807, 2.05) is 0 Å². The van der Waals surface area contributed by atoms with Crippen LogP contribution >= 0.6 is 0 Å². The van der Waals surface area contributed by atoms with Gasteiger partial charge in [-0.25, -0.2) is 0 Å². The zero-order chi connectivity index (χ0) is 12.1. The molecule has 0 amide bonds. The van der Waals surface area contributed by atoms with Crippen molar-refractivity contribution < 1.29 is 0 Å². The molecule has 2 atom stereocenters. The Morgan fingerprint density at radius 3 is 2.38 bits per heavy atom. The molecule has 0 bridgehead atoms. The number of nitrogens with one attached hydrogen (secondary N) is 1. The molecule has 2 nitrogen and oxygen atoms in total. The van der Waals surface area contributed by atoms with Crippen LogP contribution in [0.5, 0.6) is 0 Å². The van der Waals surface area contributed by atoms with Gasteiger partial charge in [0.25, 0.3) is 0 Å². The van der Waals surface area contributed by atoms with Crippen LogP contribution in [0.15, 0.2) is 0 Å². The van der Waals surface area contributed by atoms with Gasteiger partial charge in [-0.15, -0.1) is 0 Å². The second-order valence-electron chi connectivity index (χ2n) is 6.14. The van der Waals surface area contributed by atoms with Crippen molar-refractivity contribution in [2.75, 3.05) is 19.6 Å². The van der Waals surface area contributed by atoms with Crippen LogP contribution in [0, 0.1) is 11.8 Å². The smallest absolute Gasteiger partial charge is 0.0223 e. The highest BCUT2D eigenvalue weighted by atomic mass is 15.2. The monoisotopic (exact) mass is 226 g/mol. The molecule has 2 heteroatoms. The van der Waals surface area contributed by atoms with Gasteiger partial charge in [0.1, 0.15) is 0 Å². The van der Waals surface area contributed by atoms with E-state index in [2.05, 4.69) is 44.8 Å². The third kappa shape index (κ3) is 4.42. The van der Waals surface area contributed by atoms with Gasteiger partial charge in [-0.1, -0.05) is 34.6 Å². The number of piperazine rings is 1. The lowest BCUT2D eigenvalue weighted by molar-refractivity contribution is 0.0999. The summed E-state index contributed by atoms with van der Waals surface area (Å²) >= 11 is 0. The highest BCUT2D eigenvalue weighted by Crippen LogP contribution is 2.17. The highest BCUT2D eigenvalue weighted by molar-refractivity contribution is 4.86. The number of nitrogens with zero attached hydrogens (tertiary/aromatic N) is 1. The molecule has 0 saturated carbocycles. The van der Waals surface area contributed by atoms with Crippen LogP contribution in [0.4, 0.5) is 0 Å². The van der Waals surface area contributed by atoms with E-state index in [0.717, 1.165) is 17.9 Å². The summed E-state index contributed by atoms with van der Waals surface area (Å²) in [6, 6.07) is 1.47. The van der Waals surface area contributed by atoms with Gasteiger partial charge in [-0.2, -0.15) is 0 Å². The van der Waals surface area contributed by atoms with Gasteiger partial charge in [0, 0.05) is 31.7 Å². The van der Waals surface area contributed by atoms with E-state index in [-0.39, 0.29) is 0 Å². The lowest BCUT2D eigenvalue weighted by atomic mass is 9.97. The zero-order valence-electron chi connectivity index (χ0n) is 11.8. The maximum Gasteiger partial charge on any atom is 0.0223 e. The first-order valence-corrected chi connectivity index (χ1v) is 7.00. The van der Waals surface area contributed by atoms with Crippen LogP contribution in [-0.2, 0) is 0 Å². The molecule has 1 N–H and O–H groups in total. The summed E-state index contributed by atoms with van der Waals surface area (Å²) in [7, 11) is 0. The number of hydrogen-bond donors (Lipinski definition) is 1. The average Bonchev–Trinajstić information content (AvgIpc) is 2.19. The van der Waals surface area contributed by atoms with E-state index in [1.165, 1.54) is 32.5 Å². The van der Waals surface area contributed by atoms with Crippen molar-refractivity contribution in [3.05, 3.63) is 0 Å². The molecule has 0 aromatic rings. The Hall–Kier alpha value is -0.0800. The molecule has 0 aromatic carbocycles. The third-order valence-electron chi connectivity index (χ3n) is 3.45. The lowest BCUT2D eigenvalue weighted by Gasteiger charge is -2.42. The molecular formula is C14H30N2. The van der Waals surface area contributed by atoms with Crippen molar-refractivity contribution in [3.8, 4) is 0 Å². The van der Waals surface area contributed by atoms with Crippen molar-refractivity contribution in [2.24, 2.45) is 11.8 Å². The first-order chi connectivity index (χ1) is 7.52. The molecule has 0 radical (unpaired) electrons. The quantitative estimate of drug-likeness (QED) is 0.775. The first-order valence-electron chi connectivity index (χ1n) is 7.00. The van der Waals surface area contributed by atoms with Crippen LogP contribution in [0.2, 0.25) is 0 Å². The Labute approximate surface area is 102 Å². The molecule has 1 heterocycles. The van der Waals surface area contributed by atoms with E-state index in [1.54, 1.807) is 0 Å². The number of rotatable bonds is 5. The summed E-state index contributed by atoms with van der Waals surface area (Å²) < 4.78 is 0. The van der Waals surface area contributed by atoms with Crippen molar-refractivity contribution in [1.82, 2.24) is 10.2 Å². The molecule has 1 fully saturated rings. The minimum absolute atomic E-state index is 0.710. The van der Waals surface area contributed by atoms with Gasteiger partial charge in [-0.3, -0.25) is 4.90 Å². The van der Waals surface area contributed by atoms with Crippen molar-refractivity contribution in [2.45, 2.75) is 59.5 Å². The van der Waals surface area contributed by atoms with Gasteiger partial charge in [0.2, 0.25) is 0 Å². The number of hydrogen-bond acceptors (Lipinski definition) is 2. The Morgan fingerprint density at radius 1 is 1.19 bits per heavy atom. The summed E-state index contributed by atoms with van der Waals surface area (Å²) in [5.74, 6) is 1.59. The fourth-order valence-electron chi connectivity index (χ4n) is 2.67. The van der Waals surface area contributed by atoms with Gasteiger partial charge >= 0.3 is 0 Å². The van der Waals surface area contributed by atoms with Gasteiger partial charge < -0.3 is 5.32 Å². The summed E-state index contributed by atoms with van der Waals surface area (Å²) in [5, 5.41) is 3.69. The van der Waals surface area contributed by atoms with Gasteiger partial charge in [-0.05, 0) is 24.7 Å². The third-order valence-corrected chi connectivity index (χ3v) is 3.45. The van der Waals surface area contributed by atoms with E-state index in [0.29, 0.717) is 6.04 Å². The molecule has 16 heavy (non-hydrogen) atoms. The molecule has 1 rings (SSSR count). The minimum Gasteiger partial charge on any atom is -0.311 e. The van der Waals surface area contributed by atoms with Gasteiger partial charge in [0.15, 0.2) is 0 Å². The fourth-order valence-corrected chi connectivity index (χ4v) is 2.67. The van der Waals surface area contributed by atoms with E-state index in [9.17, 15) is 0 Å². The molecule has 1 saturated heterocycles. The minimum atomic E-state index is 0.710. The second kappa shape index (κ2) is 6.61. The average molecular weight is 226 g/mol. The first kappa shape index (κ1) is 14.0. The molecule has 0 aliphatic carbocycles. The van der Waals surface area contributed by atoms with Crippen molar-refractivity contribution in [1.29, 1.82) is 0 Å². The summed E-state index contributed by atoms with van der Waals surface area (Å²) in [5.41, 5.74) is 0. The Morgan fingerprint density at radius 2 is 1.88 bits per heavy atom. The van der Waals surface area contributed by atoms with Crippen LogP contribution in [0.3, 0.4) is 0 Å². The van der Waals surface area contributed by atoms with Crippen LogP contribution in [-0.4, -0.2) is 36.6 Å². The second-order valence-corrected chi connectivity index (χ2v) is 6.14. The van der Waals surface area contributed by atoms with Crippen molar-refractivity contribution >= 4 is 0 Å². The topological polar surface area (TPSA) is 15.3 Å². The molecule has 1 aliphatic rings.